The van der Waals surface area contributed by atoms with Gasteiger partial charge in [0.05, 0.1) is 0 Å². The standard InChI is InChI=1S/C21H20S/c1-3-4-17-22-21-15-13-20(14-16-21)8-6-5-7-19-11-9-18(2)10-12-19/h9-16H,3-4,17H2,1-2H3. The molecule has 0 unspecified atom stereocenters. The van der Waals surface area contributed by atoms with Crippen LogP contribution < -0.4 is 0 Å². The van der Waals surface area contributed by atoms with Crippen LogP contribution >= 0.6 is 11.8 Å². The van der Waals surface area contributed by atoms with Crippen molar-refractivity contribution in [3.05, 3.63) is 65.2 Å². The van der Waals surface area contributed by atoms with Crippen LogP contribution in [0.1, 0.15) is 36.5 Å². The average Bonchev–Trinajstić information content (AvgIpc) is 2.55. The number of rotatable bonds is 4. The molecule has 0 aliphatic carbocycles. The lowest BCUT2D eigenvalue weighted by Crippen LogP contribution is -1.79. The molecule has 0 saturated heterocycles. The number of unbranched alkanes of at least 4 members (excludes halogenated alkanes) is 1. The third-order valence-electron chi connectivity index (χ3n) is 3.15. The molecule has 0 aliphatic heterocycles. The van der Waals surface area contributed by atoms with Crippen LogP contribution in [0.2, 0.25) is 0 Å². The van der Waals surface area contributed by atoms with Crippen molar-refractivity contribution in [1.29, 1.82) is 0 Å². The van der Waals surface area contributed by atoms with E-state index >= 15 is 0 Å². The Kier molecular flexibility index (Phi) is 6.69. The quantitative estimate of drug-likeness (QED) is 0.420. The van der Waals surface area contributed by atoms with Gasteiger partial charge in [-0.2, -0.15) is 0 Å². The highest BCUT2D eigenvalue weighted by atomic mass is 32.2. The summed E-state index contributed by atoms with van der Waals surface area (Å²) in [6.45, 7) is 4.29. The third-order valence-corrected chi connectivity index (χ3v) is 4.25. The summed E-state index contributed by atoms with van der Waals surface area (Å²) in [6.07, 6.45) is 2.51. The van der Waals surface area contributed by atoms with Crippen LogP contribution in [0.5, 0.6) is 0 Å². The Morgan fingerprint density at radius 3 is 1.91 bits per heavy atom. The summed E-state index contributed by atoms with van der Waals surface area (Å²) in [4.78, 5) is 1.31. The molecular formula is C21H20S. The van der Waals surface area contributed by atoms with Gasteiger partial charge < -0.3 is 0 Å². The van der Waals surface area contributed by atoms with Gasteiger partial charge in [-0.15, -0.1) is 11.8 Å². The van der Waals surface area contributed by atoms with E-state index in [-0.39, 0.29) is 0 Å². The number of hydrogen-bond donors (Lipinski definition) is 0. The molecule has 0 aliphatic rings. The maximum atomic E-state index is 3.09. The van der Waals surface area contributed by atoms with Gasteiger partial charge in [-0.05, 0) is 67.3 Å². The van der Waals surface area contributed by atoms with Gasteiger partial charge in [-0.3, -0.25) is 0 Å². The molecule has 0 heterocycles. The minimum absolute atomic E-state index is 1.00. The molecule has 0 bridgehead atoms. The van der Waals surface area contributed by atoms with Gasteiger partial charge in [0.2, 0.25) is 0 Å². The highest BCUT2D eigenvalue weighted by Gasteiger charge is 1.93. The lowest BCUT2D eigenvalue weighted by Gasteiger charge is -1.99. The van der Waals surface area contributed by atoms with Crippen molar-refractivity contribution in [1.82, 2.24) is 0 Å². The fraction of sp³-hybridized carbons (Fsp3) is 0.238. The third kappa shape index (κ3) is 5.72. The number of hydrogen-bond acceptors (Lipinski definition) is 1. The van der Waals surface area contributed by atoms with Gasteiger partial charge in [0.15, 0.2) is 0 Å². The molecule has 22 heavy (non-hydrogen) atoms. The van der Waals surface area contributed by atoms with E-state index < -0.39 is 0 Å². The molecule has 2 aromatic rings. The Labute approximate surface area is 138 Å². The van der Waals surface area contributed by atoms with Gasteiger partial charge >= 0.3 is 0 Å². The van der Waals surface area contributed by atoms with E-state index in [9.17, 15) is 0 Å². The first-order valence-electron chi connectivity index (χ1n) is 7.59. The Hall–Kier alpha value is -2.09. The van der Waals surface area contributed by atoms with Crippen LogP contribution in [-0.2, 0) is 0 Å². The molecule has 0 spiro atoms. The van der Waals surface area contributed by atoms with Gasteiger partial charge in [0, 0.05) is 16.0 Å². The van der Waals surface area contributed by atoms with Crippen LogP contribution in [0, 0.1) is 30.6 Å². The fourth-order valence-electron chi connectivity index (χ4n) is 1.81. The summed E-state index contributed by atoms with van der Waals surface area (Å²) in [5.41, 5.74) is 3.26. The Morgan fingerprint density at radius 2 is 1.36 bits per heavy atom. The summed E-state index contributed by atoms with van der Waals surface area (Å²) >= 11 is 1.90. The molecule has 110 valence electrons. The summed E-state index contributed by atoms with van der Waals surface area (Å²) < 4.78 is 0. The van der Waals surface area contributed by atoms with Crippen molar-refractivity contribution in [2.45, 2.75) is 31.6 Å². The number of aryl methyl sites for hydroxylation is 1. The van der Waals surface area contributed by atoms with Gasteiger partial charge in [0.1, 0.15) is 0 Å². The molecule has 2 rings (SSSR count). The average molecular weight is 304 g/mol. The van der Waals surface area contributed by atoms with Crippen molar-refractivity contribution < 1.29 is 0 Å². The first kappa shape index (κ1) is 16.3. The first-order valence-corrected chi connectivity index (χ1v) is 8.58. The monoisotopic (exact) mass is 304 g/mol. The van der Waals surface area contributed by atoms with Crippen LogP contribution in [0.3, 0.4) is 0 Å². The lowest BCUT2D eigenvalue weighted by atomic mass is 10.1. The summed E-state index contributed by atoms with van der Waals surface area (Å²) in [6, 6.07) is 16.6. The van der Waals surface area contributed by atoms with E-state index in [2.05, 4.69) is 73.9 Å². The van der Waals surface area contributed by atoms with Crippen LogP contribution in [0.15, 0.2) is 53.4 Å². The molecule has 0 amide bonds. The zero-order chi connectivity index (χ0) is 15.6. The molecule has 2 aromatic carbocycles. The van der Waals surface area contributed by atoms with Crippen LogP contribution in [0.25, 0.3) is 0 Å². The van der Waals surface area contributed by atoms with E-state index in [0.717, 1.165) is 11.1 Å². The topological polar surface area (TPSA) is 0 Å². The minimum Gasteiger partial charge on any atom is -0.126 e. The molecule has 0 radical (unpaired) electrons. The summed E-state index contributed by atoms with van der Waals surface area (Å²) in [7, 11) is 0. The first-order chi connectivity index (χ1) is 10.8. The summed E-state index contributed by atoms with van der Waals surface area (Å²) in [5.74, 6) is 13.2. The normalized spacial score (nSPS) is 9.36. The van der Waals surface area contributed by atoms with Crippen molar-refractivity contribution in [2.24, 2.45) is 0 Å². The minimum atomic E-state index is 1.00. The van der Waals surface area contributed by atoms with Gasteiger partial charge in [-0.25, -0.2) is 0 Å². The zero-order valence-electron chi connectivity index (χ0n) is 13.1. The largest absolute Gasteiger partial charge is 0.126 e. The van der Waals surface area contributed by atoms with Crippen molar-refractivity contribution in [3.8, 4) is 23.7 Å². The fourth-order valence-corrected chi connectivity index (χ4v) is 2.81. The Morgan fingerprint density at radius 1 is 0.818 bits per heavy atom. The number of benzene rings is 2. The Balaban J connectivity index is 1.93. The predicted octanol–water partition coefficient (Wildman–Crippen LogP) is 5.29. The van der Waals surface area contributed by atoms with Gasteiger partial charge in [0.25, 0.3) is 0 Å². The molecule has 1 heteroatoms. The van der Waals surface area contributed by atoms with Crippen LogP contribution in [-0.4, -0.2) is 5.75 Å². The second-order valence-electron chi connectivity index (χ2n) is 5.09. The van der Waals surface area contributed by atoms with Crippen molar-refractivity contribution in [3.63, 3.8) is 0 Å². The SMILES string of the molecule is CCCCSc1ccc(C#CC#Cc2ccc(C)cc2)cc1. The van der Waals surface area contributed by atoms with E-state index in [1.165, 1.54) is 29.1 Å². The summed E-state index contributed by atoms with van der Waals surface area (Å²) in [5, 5.41) is 0. The number of thioether (sulfide) groups is 1. The molecule has 0 atom stereocenters. The molecule has 0 nitrogen and oxygen atoms in total. The van der Waals surface area contributed by atoms with Crippen molar-refractivity contribution >= 4 is 11.8 Å². The van der Waals surface area contributed by atoms with E-state index in [1.54, 1.807) is 0 Å². The molecule has 0 N–H and O–H groups in total. The van der Waals surface area contributed by atoms with E-state index in [1.807, 2.05) is 23.9 Å². The molecular weight excluding hydrogens is 284 g/mol. The Bertz CT molecular complexity index is 701. The maximum Gasteiger partial charge on any atom is 0.0256 e. The van der Waals surface area contributed by atoms with Gasteiger partial charge in [-0.1, -0.05) is 42.9 Å². The smallest absolute Gasteiger partial charge is 0.0256 e. The molecule has 0 fully saturated rings. The second-order valence-corrected chi connectivity index (χ2v) is 6.26. The van der Waals surface area contributed by atoms with E-state index in [4.69, 9.17) is 0 Å². The predicted molar refractivity (Wildman–Crippen MR) is 97.0 cm³/mol. The zero-order valence-corrected chi connectivity index (χ0v) is 14.0. The maximum absolute atomic E-state index is 3.09. The van der Waals surface area contributed by atoms with Crippen molar-refractivity contribution in [2.75, 3.05) is 5.75 Å². The molecule has 0 aromatic heterocycles. The van der Waals surface area contributed by atoms with E-state index in [0.29, 0.717) is 0 Å². The highest BCUT2D eigenvalue weighted by molar-refractivity contribution is 7.99. The highest BCUT2D eigenvalue weighted by Crippen LogP contribution is 2.19. The van der Waals surface area contributed by atoms with Crippen LogP contribution in [0.4, 0.5) is 0 Å². The lowest BCUT2D eigenvalue weighted by molar-refractivity contribution is 0.896. The second kappa shape index (κ2) is 9.04. The molecule has 0 saturated carbocycles.